The van der Waals surface area contributed by atoms with Crippen molar-refractivity contribution in [2.24, 2.45) is 0 Å². The lowest BCUT2D eigenvalue weighted by molar-refractivity contribution is -0.0717. The van der Waals surface area contributed by atoms with Crippen molar-refractivity contribution in [3.8, 4) is 0 Å². The van der Waals surface area contributed by atoms with Gasteiger partial charge < -0.3 is 9.47 Å². The molecule has 0 saturated heterocycles. The molecule has 0 aromatic heterocycles. The molecule has 0 spiro atoms. The van der Waals surface area contributed by atoms with Gasteiger partial charge in [0.2, 0.25) is 0 Å². The smallest absolute Gasteiger partial charge is 0.264 e. The zero-order valence-electron chi connectivity index (χ0n) is 18.3. The Kier molecular flexibility index (Phi) is 10.8. The van der Waals surface area contributed by atoms with E-state index in [9.17, 15) is 16.8 Å². The van der Waals surface area contributed by atoms with Crippen molar-refractivity contribution < 1.29 is 34.7 Å². The number of benzene rings is 2. The van der Waals surface area contributed by atoms with E-state index in [1.165, 1.54) is 0 Å². The predicted octanol–water partition coefficient (Wildman–Crippen LogP) is 2.89. The first-order valence-electron chi connectivity index (χ1n) is 10.1. The van der Waals surface area contributed by atoms with Gasteiger partial charge in [0.05, 0.1) is 45.0 Å². The Morgan fingerprint density at radius 3 is 1.84 bits per heavy atom. The molecule has 0 aliphatic heterocycles. The van der Waals surface area contributed by atoms with Crippen LogP contribution < -0.4 is 0 Å². The van der Waals surface area contributed by atoms with Gasteiger partial charge in [-0.1, -0.05) is 60.7 Å². The van der Waals surface area contributed by atoms with Gasteiger partial charge in [-0.25, -0.2) is 0 Å². The fourth-order valence-electron chi connectivity index (χ4n) is 2.94. The summed E-state index contributed by atoms with van der Waals surface area (Å²) in [6.07, 6.45) is 1.02. The van der Waals surface area contributed by atoms with E-state index in [2.05, 4.69) is 0 Å². The first kappa shape index (κ1) is 26.4. The highest BCUT2D eigenvalue weighted by molar-refractivity contribution is 7.86. The van der Waals surface area contributed by atoms with Crippen LogP contribution in [0.1, 0.15) is 24.0 Å². The average molecular weight is 487 g/mol. The molecule has 2 aromatic rings. The molecule has 0 bridgehead atoms. The molecule has 0 amide bonds. The lowest BCUT2D eigenvalue weighted by atomic mass is 10.1. The Morgan fingerprint density at radius 2 is 1.31 bits per heavy atom. The molecule has 0 aliphatic carbocycles. The normalized spacial score (nSPS) is 14.2. The molecule has 0 fully saturated rings. The summed E-state index contributed by atoms with van der Waals surface area (Å²) in [4.78, 5) is 0. The Morgan fingerprint density at radius 1 is 0.750 bits per heavy atom. The van der Waals surface area contributed by atoms with Gasteiger partial charge in [-0.15, -0.1) is 0 Å². The fraction of sp³-hybridized carbons (Fsp3) is 0.455. The van der Waals surface area contributed by atoms with Gasteiger partial charge in [-0.3, -0.25) is 8.37 Å². The van der Waals surface area contributed by atoms with Crippen LogP contribution in [0.4, 0.5) is 0 Å². The minimum absolute atomic E-state index is 0.0195. The van der Waals surface area contributed by atoms with Crippen molar-refractivity contribution in [2.45, 2.75) is 38.3 Å². The summed E-state index contributed by atoms with van der Waals surface area (Å²) in [6, 6.07) is 18.9. The maximum absolute atomic E-state index is 11.9. The van der Waals surface area contributed by atoms with Crippen molar-refractivity contribution >= 4 is 20.2 Å². The third-order valence-corrected chi connectivity index (χ3v) is 5.54. The van der Waals surface area contributed by atoms with Gasteiger partial charge in [0.15, 0.2) is 0 Å². The van der Waals surface area contributed by atoms with Crippen LogP contribution in [0.15, 0.2) is 60.7 Å². The van der Waals surface area contributed by atoms with Crippen LogP contribution in [0.25, 0.3) is 0 Å². The Balaban J connectivity index is 2.06. The standard InChI is InChI=1S/C22H30O8S2/c1-31(23,24)29-15-9-14-21(28-17-20-12-7-4-8-13-20)22(30-32(2,25)26)18-27-16-19-10-5-3-6-11-19/h3-8,10-13,21-22H,9,14-18H2,1-2H3/t21-,22+/m0/s1. The second-order valence-corrected chi connectivity index (χ2v) is 10.6. The zero-order chi connectivity index (χ0) is 23.5. The third kappa shape index (κ3) is 11.7. The number of hydrogen-bond donors (Lipinski definition) is 0. The van der Waals surface area contributed by atoms with E-state index in [0.717, 1.165) is 23.6 Å². The summed E-state index contributed by atoms with van der Waals surface area (Å²) in [5, 5.41) is 0. The van der Waals surface area contributed by atoms with Gasteiger partial charge in [0, 0.05) is 0 Å². The molecule has 2 atom stereocenters. The quantitative estimate of drug-likeness (QED) is 0.280. The van der Waals surface area contributed by atoms with Crippen molar-refractivity contribution in [2.75, 3.05) is 25.7 Å². The van der Waals surface area contributed by atoms with E-state index in [1.807, 2.05) is 60.7 Å². The highest BCUT2D eigenvalue weighted by Crippen LogP contribution is 2.17. The van der Waals surface area contributed by atoms with Gasteiger partial charge in [-0.2, -0.15) is 16.8 Å². The van der Waals surface area contributed by atoms with E-state index in [4.69, 9.17) is 17.8 Å². The van der Waals surface area contributed by atoms with Crippen molar-refractivity contribution in [1.82, 2.24) is 0 Å². The van der Waals surface area contributed by atoms with Crippen LogP contribution in [-0.4, -0.2) is 54.8 Å². The molecule has 0 N–H and O–H groups in total. The molecule has 0 heterocycles. The largest absolute Gasteiger partial charge is 0.374 e. The minimum atomic E-state index is -3.79. The maximum Gasteiger partial charge on any atom is 0.264 e. The van der Waals surface area contributed by atoms with E-state index in [-0.39, 0.29) is 26.4 Å². The Bertz CT molecular complexity index is 993. The van der Waals surface area contributed by atoms with Crippen LogP contribution in [0.2, 0.25) is 0 Å². The predicted molar refractivity (Wildman–Crippen MR) is 121 cm³/mol. The van der Waals surface area contributed by atoms with Gasteiger partial charge in [-0.05, 0) is 24.0 Å². The Labute approximate surface area is 190 Å². The molecule has 0 radical (unpaired) electrons. The Hall–Kier alpha value is -1.82. The highest BCUT2D eigenvalue weighted by Gasteiger charge is 2.27. The summed E-state index contributed by atoms with van der Waals surface area (Å²) in [5.74, 6) is 0. The average Bonchev–Trinajstić information content (AvgIpc) is 2.72. The summed E-state index contributed by atoms with van der Waals surface area (Å²) < 4.78 is 68.0. The molecule has 178 valence electrons. The zero-order valence-corrected chi connectivity index (χ0v) is 19.9. The molecule has 0 aliphatic rings. The van der Waals surface area contributed by atoms with Crippen LogP contribution in [0.3, 0.4) is 0 Å². The second kappa shape index (κ2) is 13.0. The van der Waals surface area contributed by atoms with E-state index in [0.29, 0.717) is 12.8 Å². The first-order chi connectivity index (χ1) is 15.1. The lowest BCUT2D eigenvalue weighted by Gasteiger charge is -2.26. The van der Waals surface area contributed by atoms with Crippen LogP contribution in [0.5, 0.6) is 0 Å². The van der Waals surface area contributed by atoms with Gasteiger partial charge in [0.25, 0.3) is 20.2 Å². The topological polar surface area (TPSA) is 105 Å². The first-order valence-corrected chi connectivity index (χ1v) is 13.8. The molecular formula is C22H30O8S2. The molecule has 2 rings (SSSR count). The van der Waals surface area contributed by atoms with Crippen molar-refractivity contribution in [1.29, 1.82) is 0 Å². The van der Waals surface area contributed by atoms with Crippen LogP contribution in [0, 0.1) is 0 Å². The van der Waals surface area contributed by atoms with E-state index >= 15 is 0 Å². The summed E-state index contributed by atoms with van der Waals surface area (Å²) in [6.45, 7) is 0.461. The molecule has 2 aromatic carbocycles. The molecule has 0 unspecified atom stereocenters. The van der Waals surface area contributed by atoms with E-state index in [1.54, 1.807) is 0 Å². The number of ether oxygens (including phenoxy) is 2. The fourth-order valence-corrected chi connectivity index (χ4v) is 3.99. The van der Waals surface area contributed by atoms with Crippen molar-refractivity contribution in [3.05, 3.63) is 71.8 Å². The molecule has 10 heteroatoms. The SMILES string of the molecule is CS(=O)(=O)OCCC[C@H](OCc1ccccc1)[C@@H](COCc1ccccc1)OS(C)(=O)=O. The van der Waals surface area contributed by atoms with E-state index < -0.39 is 32.4 Å². The monoisotopic (exact) mass is 486 g/mol. The highest BCUT2D eigenvalue weighted by atomic mass is 32.2. The lowest BCUT2D eigenvalue weighted by Crippen LogP contribution is -2.37. The minimum Gasteiger partial charge on any atom is -0.374 e. The number of hydrogen-bond acceptors (Lipinski definition) is 8. The molecule has 0 saturated carbocycles. The molecule has 32 heavy (non-hydrogen) atoms. The maximum atomic E-state index is 11.9. The number of rotatable bonds is 15. The van der Waals surface area contributed by atoms with Crippen LogP contribution in [-0.2, 0) is 51.3 Å². The molecule has 8 nitrogen and oxygen atoms in total. The second-order valence-electron chi connectivity index (χ2n) is 7.34. The van der Waals surface area contributed by atoms with Crippen molar-refractivity contribution in [3.63, 3.8) is 0 Å². The summed E-state index contributed by atoms with van der Waals surface area (Å²) in [7, 11) is -7.35. The van der Waals surface area contributed by atoms with Crippen LogP contribution >= 0.6 is 0 Å². The summed E-state index contributed by atoms with van der Waals surface area (Å²) in [5.41, 5.74) is 1.85. The third-order valence-electron chi connectivity index (χ3n) is 4.34. The molecular weight excluding hydrogens is 456 g/mol. The van der Waals surface area contributed by atoms with Gasteiger partial charge in [0.1, 0.15) is 6.10 Å². The summed E-state index contributed by atoms with van der Waals surface area (Å²) >= 11 is 0. The van der Waals surface area contributed by atoms with Gasteiger partial charge >= 0.3 is 0 Å².